The van der Waals surface area contributed by atoms with Crippen molar-refractivity contribution in [3.63, 3.8) is 0 Å². The van der Waals surface area contributed by atoms with Crippen molar-refractivity contribution in [1.82, 2.24) is 5.32 Å². The Labute approximate surface area is 86.2 Å². The third-order valence-electron chi connectivity index (χ3n) is 2.38. The van der Waals surface area contributed by atoms with E-state index >= 15 is 0 Å². The Bertz CT molecular complexity index is 174. The second-order valence-electron chi connectivity index (χ2n) is 3.71. The molecule has 0 radical (unpaired) electrons. The van der Waals surface area contributed by atoms with E-state index in [0.29, 0.717) is 13.2 Å². The second kappa shape index (κ2) is 6.79. The SMILES string of the molecule is CCCCCOCC(C)(NC)C(N)=O. The number of carbonyl (C=O) groups is 1. The first-order valence-electron chi connectivity index (χ1n) is 5.13. The average molecular weight is 202 g/mol. The number of carbonyl (C=O) groups excluding carboxylic acids is 1. The normalized spacial score (nSPS) is 15.1. The number of hydrogen-bond donors (Lipinski definition) is 2. The molecule has 0 aromatic rings. The number of amides is 1. The quantitative estimate of drug-likeness (QED) is 0.568. The number of unbranched alkanes of at least 4 members (excludes halogenated alkanes) is 2. The predicted molar refractivity (Wildman–Crippen MR) is 57.0 cm³/mol. The van der Waals surface area contributed by atoms with Gasteiger partial charge in [0, 0.05) is 6.61 Å². The maximum absolute atomic E-state index is 11.1. The summed E-state index contributed by atoms with van der Waals surface area (Å²) in [5, 5.41) is 2.87. The van der Waals surface area contributed by atoms with Crippen LogP contribution >= 0.6 is 0 Å². The summed E-state index contributed by atoms with van der Waals surface area (Å²) in [5.41, 5.74) is 4.50. The van der Waals surface area contributed by atoms with Crippen molar-refractivity contribution < 1.29 is 9.53 Å². The molecule has 1 amide bonds. The van der Waals surface area contributed by atoms with Gasteiger partial charge in [-0.25, -0.2) is 0 Å². The molecule has 0 aromatic carbocycles. The first-order valence-corrected chi connectivity index (χ1v) is 5.13. The molecule has 0 saturated heterocycles. The number of primary amides is 1. The highest BCUT2D eigenvalue weighted by molar-refractivity contribution is 5.84. The molecule has 0 saturated carbocycles. The van der Waals surface area contributed by atoms with Gasteiger partial charge < -0.3 is 15.8 Å². The van der Waals surface area contributed by atoms with Crippen LogP contribution in [0.5, 0.6) is 0 Å². The van der Waals surface area contributed by atoms with Gasteiger partial charge in [-0.1, -0.05) is 19.8 Å². The summed E-state index contributed by atoms with van der Waals surface area (Å²) < 4.78 is 5.39. The minimum atomic E-state index is -0.744. The first-order chi connectivity index (χ1) is 6.56. The van der Waals surface area contributed by atoms with E-state index in [1.807, 2.05) is 0 Å². The summed E-state index contributed by atoms with van der Waals surface area (Å²) in [6.45, 7) is 4.91. The minimum absolute atomic E-state index is 0.336. The largest absolute Gasteiger partial charge is 0.379 e. The molecule has 0 aliphatic rings. The van der Waals surface area contributed by atoms with Gasteiger partial charge in [-0.15, -0.1) is 0 Å². The molecule has 4 heteroatoms. The van der Waals surface area contributed by atoms with Gasteiger partial charge in [0.05, 0.1) is 6.61 Å². The van der Waals surface area contributed by atoms with Crippen molar-refractivity contribution in [1.29, 1.82) is 0 Å². The van der Waals surface area contributed by atoms with Gasteiger partial charge in [0.2, 0.25) is 5.91 Å². The maximum Gasteiger partial charge on any atom is 0.239 e. The van der Waals surface area contributed by atoms with Crippen LogP contribution in [0.3, 0.4) is 0 Å². The van der Waals surface area contributed by atoms with E-state index in [1.54, 1.807) is 14.0 Å². The number of hydrogen-bond acceptors (Lipinski definition) is 3. The highest BCUT2D eigenvalue weighted by atomic mass is 16.5. The molecule has 0 aliphatic heterocycles. The molecule has 0 aromatic heterocycles. The van der Waals surface area contributed by atoms with E-state index in [4.69, 9.17) is 10.5 Å². The van der Waals surface area contributed by atoms with Crippen LogP contribution in [0.4, 0.5) is 0 Å². The molecule has 0 heterocycles. The summed E-state index contributed by atoms with van der Waals surface area (Å²) in [7, 11) is 1.71. The Hall–Kier alpha value is -0.610. The van der Waals surface area contributed by atoms with E-state index in [9.17, 15) is 4.79 Å². The Kier molecular flexibility index (Phi) is 6.49. The van der Waals surface area contributed by atoms with Gasteiger partial charge in [0.1, 0.15) is 5.54 Å². The van der Waals surface area contributed by atoms with Gasteiger partial charge >= 0.3 is 0 Å². The van der Waals surface area contributed by atoms with Gasteiger partial charge in [-0.3, -0.25) is 4.79 Å². The van der Waals surface area contributed by atoms with Crippen LogP contribution in [0.15, 0.2) is 0 Å². The molecule has 14 heavy (non-hydrogen) atoms. The Morgan fingerprint density at radius 2 is 2.14 bits per heavy atom. The smallest absolute Gasteiger partial charge is 0.239 e. The fourth-order valence-corrected chi connectivity index (χ4v) is 0.997. The third kappa shape index (κ3) is 4.58. The number of ether oxygens (including phenoxy) is 1. The topological polar surface area (TPSA) is 64.3 Å². The molecule has 1 unspecified atom stereocenters. The average Bonchev–Trinajstić information content (AvgIpc) is 2.17. The van der Waals surface area contributed by atoms with Gasteiger partial charge in [0.25, 0.3) is 0 Å². The zero-order valence-corrected chi connectivity index (χ0v) is 9.43. The van der Waals surface area contributed by atoms with E-state index in [0.717, 1.165) is 12.8 Å². The van der Waals surface area contributed by atoms with Crippen LogP contribution in [-0.2, 0) is 9.53 Å². The highest BCUT2D eigenvalue weighted by Crippen LogP contribution is 2.03. The van der Waals surface area contributed by atoms with Crippen molar-refractivity contribution in [2.75, 3.05) is 20.3 Å². The Morgan fingerprint density at radius 3 is 2.57 bits per heavy atom. The van der Waals surface area contributed by atoms with Crippen molar-refractivity contribution >= 4 is 5.91 Å². The van der Waals surface area contributed by atoms with Crippen LogP contribution in [-0.4, -0.2) is 31.7 Å². The fourth-order valence-electron chi connectivity index (χ4n) is 0.997. The van der Waals surface area contributed by atoms with Crippen LogP contribution < -0.4 is 11.1 Å². The summed E-state index contributed by atoms with van der Waals surface area (Å²) in [5.74, 6) is -0.379. The highest BCUT2D eigenvalue weighted by Gasteiger charge is 2.28. The van der Waals surface area contributed by atoms with E-state index in [-0.39, 0.29) is 5.91 Å². The molecule has 0 rings (SSSR count). The summed E-state index contributed by atoms with van der Waals surface area (Å²) in [6.07, 6.45) is 3.37. The van der Waals surface area contributed by atoms with E-state index in [1.165, 1.54) is 6.42 Å². The lowest BCUT2D eigenvalue weighted by atomic mass is 10.0. The molecule has 84 valence electrons. The van der Waals surface area contributed by atoms with E-state index in [2.05, 4.69) is 12.2 Å². The predicted octanol–water partition coefficient (Wildman–Crippen LogP) is 0.657. The van der Waals surface area contributed by atoms with Crippen LogP contribution in [0.2, 0.25) is 0 Å². The third-order valence-corrected chi connectivity index (χ3v) is 2.38. The standard InChI is InChI=1S/C10H22N2O2/c1-4-5-6-7-14-8-10(2,12-3)9(11)13/h12H,4-8H2,1-3H3,(H2,11,13). The lowest BCUT2D eigenvalue weighted by molar-refractivity contribution is -0.126. The lowest BCUT2D eigenvalue weighted by Gasteiger charge is -2.24. The Morgan fingerprint density at radius 1 is 1.50 bits per heavy atom. The molecule has 0 bridgehead atoms. The van der Waals surface area contributed by atoms with Crippen molar-refractivity contribution in [2.24, 2.45) is 5.73 Å². The van der Waals surface area contributed by atoms with Gasteiger partial charge in [0.15, 0.2) is 0 Å². The zero-order valence-electron chi connectivity index (χ0n) is 9.43. The molecule has 0 fully saturated rings. The van der Waals surface area contributed by atoms with Gasteiger partial charge in [-0.2, -0.15) is 0 Å². The molecular formula is C10H22N2O2. The van der Waals surface area contributed by atoms with Crippen molar-refractivity contribution in [3.8, 4) is 0 Å². The maximum atomic E-state index is 11.1. The summed E-state index contributed by atoms with van der Waals surface area (Å²) in [4.78, 5) is 11.1. The number of likely N-dealkylation sites (N-methyl/N-ethyl adjacent to an activating group) is 1. The minimum Gasteiger partial charge on any atom is -0.379 e. The van der Waals surface area contributed by atoms with E-state index < -0.39 is 5.54 Å². The Balaban J connectivity index is 3.68. The molecule has 0 aliphatic carbocycles. The van der Waals surface area contributed by atoms with Gasteiger partial charge in [-0.05, 0) is 20.4 Å². The fraction of sp³-hybridized carbons (Fsp3) is 0.900. The zero-order chi connectivity index (χ0) is 11.0. The molecule has 0 spiro atoms. The van der Waals surface area contributed by atoms with Crippen LogP contribution in [0.25, 0.3) is 0 Å². The van der Waals surface area contributed by atoms with Crippen LogP contribution in [0.1, 0.15) is 33.1 Å². The first kappa shape index (κ1) is 13.4. The molecule has 1 atom stereocenters. The molecule has 3 N–H and O–H groups in total. The van der Waals surface area contributed by atoms with Crippen molar-refractivity contribution in [3.05, 3.63) is 0 Å². The van der Waals surface area contributed by atoms with Crippen LogP contribution in [0, 0.1) is 0 Å². The molecule has 4 nitrogen and oxygen atoms in total. The summed E-state index contributed by atoms with van der Waals surface area (Å²) in [6, 6.07) is 0. The number of rotatable bonds is 8. The second-order valence-corrected chi connectivity index (χ2v) is 3.71. The number of nitrogens with one attached hydrogen (secondary N) is 1. The lowest BCUT2D eigenvalue weighted by Crippen LogP contribution is -2.54. The molecular weight excluding hydrogens is 180 g/mol. The number of nitrogens with two attached hydrogens (primary N) is 1. The summed E-state index contributed by atoms with van der Waals surface area (Å²) >= 11 is 0. The monoisotopic (exact) mass is 202 g/mol. The van der Waals surface area contributed by atoms with Crippen molar-refractivity contribution in [2.45, 2.75) is 38.6 Å².